The molecule has 17 heavy (non-hydrogen) atoms. The average molecular weight is 232 g/mol. The molecule has 0 aliphatic carbocycles. The fraction of sp³-hybridized carbons (Fsp3) is 0.231. The molecule has 1 aliphatic rings. The van der Waals surface area contributed by atoms with E-state index in [2.05, 4.69) is 0 Å². The van der Waals surface area contributed by atoms with E-state index in [1.165, 1.54) is 12.3 Å². The first-order chi connectivity index (χ1) is 8.25. The van der Waals surface area contributed by atoms with E-state index in [4.69, 9.17) is 9.47 Å². The highest BCUT2D eigenvalue weighted by molar-refractivity contribution is 5.94. The van der Waals surface area contributed by atoms with E-state index in [0.717, 1.165) is 5.56 Å². The minimum absolute atomic E-state index is 0.0458. The van der Waals surface area contributed by atoms with Gasteiger partial charge in [0, 0.05) is 6.08 Å². The van der Waals surface area contributed by atoms with Crippen LogP contribution in [-0.4, -0.2) is 17.9 Å². The molecule has 1 aliphatic heterocycles. The molecule has 2 rings (SSSR count). The van der Waals surface area contributed by atoms with Crippen molar-refractivity contribution in [2.24, 2.45) is 0 Å². The van der Waals surface area contributed by atoms with Gasteiger partial charge in [0.2, 0.25) is 6.10 Å². The first-order valence-corrected chi connectivity index (χ1v) is 5.31. The highest BCUT2D eigenvalue weighted by Crippen LogP contribution is 2.10. The highest BCUT2D eigenvalue weighted by atomic mass is 16.6. The second-order valence-electron chi connectivity index (χ2n) is 3.69. The molecule has 1 atom stereocenters. The molecule has 0 aromatic heterocycles. The van der Waals surface area contributed by atoms with Crippen LogP contribution in [0.1, 0.15) is 12.0 Å². The van der Waals surface area contributed by atoms with E-state index in [1.807, 2.05) is 30.3 Å². The van der Waals surface area contributed by atoms with Crippen LogP contribution in [0.25, 0.3) is 0 Å². The molecule has 0 radical (unpaired) electrons. The molecule has 1 heterocycles. The molecule has 0 amide bonds. The normalized spacial score (nSPS) is 18.6. The van der Waals surface area contributed by atoms with Gasteiger partial charge < -0.3 is 9.47 Å². The molecule has 0 N–H and O–H groups in total. The molecular formula is C13H12O4. The Labute approximate surface area is 98.8 Å². The van der Waals surface area contributed by atoms with Crippen LogP contribution in [0.15, 0.2) is 42.7 Å². The van der Waals surface area contributed by atoms with Crippen LogP contribution in [0.5, 0.6) is 0 Å². The molecular weight excluding hydrogens is 220 g/mol. The lowest BCUT2D eigenvalue weighted by Crippen LogP contribution is -2.29. The standard InChI is InChI=1S/C13H12O4/c14-11-6-7-16-12(8-11)13(15)17-9-10-4-2-1-3-5-10/h1-7,12H,8-9H2/t12-/m0/s1. The number of hydrogen-bond acceptors (Lipinski definition) is 4. The fourth-order valence-electron chi connectivity index (χ4n) is 1.47. The number of carbonyl (C=O) groups is 2. The topological polar surface area (TPSA) is 52.6 Å². The fourth-order valence-corrected chi connectivity index (χ4v) is 1.47. The predicted octanol–water partition coefficient (Wildman–Crippen LogP) is 1.60. The van der Waals surface area contributed by atoms with Crippen molar-refractivity contribution in [3.8, 4) is 0 Å². The van der Waals surface area contributed by atoms with E-state index in [-0.39, 0.29) is 18.8 Å². The first kappa shape index (κ1) is 11.4. The van der Waals surface area contributed by atoms with Gasteiger partial charge in [0.05, 0.1) is 12.7 Å². The Balaban J connectivity index is 1.86. The number of esters is 1. The van der Waals surface area contributed by atoms with Gasteiger partial charge >= 0.3 is 5.97 Å². The van der Waals surface area contributed by atoms with Gasteiger partial charge in [-0.1, -0.05) is 30.3 Å². The van der Waals surface area contributed by atoms with Gasteiger partial charge in [-0.25, -0.2) is 4.79 Å². The third-order valence-electron chi connectivity index (χ3n) is 2.37. The lowest BCUT2D eigenvalue weighted by molar-refractivity contribution is -0.157. The molecule has 0 spiro atoms. The molecule has 88 valence electrons. The average Bonchev–Trinajstić information content (AvgIpc) is 2.37. The minimum Gasteiger partial charge on any atom is -0.486 e. The summed E-state index contributed by atoms with van der Waals surface area (Å²) in [5, 5.41) is 0. The Morgan fingerprint density at radius 1 is 1.35 bits per heavy atom. The van der Waals surface area contributed by atoms with Gasteiger partial charge in [-0.3, -0.25) is 4.79 Å². The maximum atomic E-state index is 11.6. The summed E-state index contributed by atoms with van der Waals surface area (Å²) in [7, 11) is 0. The monoisotopic (exact) mass is 232 g/mol. The molecule has 0 unspecified atom stereocenters. The summed E-state index contributed by atoms with van der Waals surface area (Å²) in [6, 6.07) is 9.35. The highest BCUT2D eigenvalue weighted by Gasteiger charge is 2.25. The van der Waals surface area contributed by atoms with Crippen molar-refractivity contribution in [2.75, 3.05) is 0 Å². The van der Waals surface area contributed by atoms with Crippen LogP contribution < -0.4 is 0 Å². The Hall–Kier alpha value is -2.10. The lowest BCUT2D eigenvalue weighted by Gasteiger charge is -2.17. The van der Waals surface area contributed by atoms with Crippen LogP contribution in [0.3, 0.4) is 0 Å². The Morgan fingerprint density at radius 3 is 2.82 bits per heavy atom. The van der Waals surface area contributed by atoms with E-state index < -0.39 is 12.1 Å². The molecule has 0 saturated heterocycles. The summed E-state index contributed by atoms with van der Waals surface area (Å²) in [5.74, 6) is -0.635. The zero-order valence-corrected chi connectivity index (χ0v) is 9.17. The summed E-state index contributed by atoms with van der Waals surface area (Å²) in [6.45, 7) is 0.192. The Morgan fingerprint density at radius 2 is 2.12 bits per heavy atom. The van der Waals surface area contributed by atoms with Gasteiger partial charge in [-0.2, -0.15) is 0 Å². The van der Waals surface area contributed by atoms with Crippen molar-refractivity contribution in [2.45, 2.75) is 19.1 Å². The van der Waals surface area contributed by atoms with E-state index in [1.54, 1.807) is 0 Å². The van der Waals surface area contributed by atoms with Gasteiger partial charge in [0.15, 0.2) is 5.78 Å². The van der Waals surface area contributed by atoms with Crippen molar-refractivity contribution < 1.29 is 19.1 Å². The zero-order valence-electron chi connectivity index (χ0n) is 9.17. The number of carbonyl (C=O) groups excluding carboxylic acids is 2. The number of benzene rings is 1. The third-order valence-corrected chi connectivity index (χ3v) is 2.37. The summed E-state index contributed by atoms with van der Waals surface area (Å²) >= 11 is 0. The van der Waals surface area contributed by atoms with E-state index in [0.29, 0.717) is 0 Å². The molecule has 4 heteroatoms. The van der Waals surface area contributed by atoms with Crippen LogP contribution in [0.4, 0.5) is 0 Å². The summed E-state index contributed by atoms with van der Waals surface area (Å²) in [5.41, 5.74) is 0.901. The van der Waals surface area contributed by atoms with Crippen molar-refractivity contribution >= 4 is 11.8 Å². The summed E-state index contributed by atoms with van der Waals surface area (Å²) < 4.78 is 10.1. The van der Waals surface area contributed by atoms with E-state index >= 15 is 0 Å². The smallest absolute Gasteiger partial charge is 0.348 e. The van der Waals surface area contributed by atoms with E-state index in [9.17, 15) is 9.59 Å². The summed E-state index contributed by atoms with van der Waals surface area (Å²) in [6.07, 6.45) is 1.78. The van der Waals surface area contributed by atoms with Crippen molar-refractivity contribution in [1.82, 2.24) is 0 Å². The zero-order chi connectivity index (χ0) is 12.1. The maximum absolute atomic E-state index is 11.6. The molecule has 0 fully saturated rings. The largest absolute Gasteiger partial charge is 0.486 e. The molecule has 1 aromatic carbocycles. The van der Waals surface area contributed by atoms with Crippen molar-refractivity contribution in [3.05, 3.63) is 48.2 Å². The third kappa shape index (κ3) is 3.17. The second-order valence-corrected chi connectivity index (χ2v) is 3.69. The predicted molar refractivity (Wildman–Crippen MR) is 59.9 cm³/mol. The van der Waals surface area contributed by atoms with Crippen molar-refractivity contribution in [1.29, 1.82) is 0 Å². The molecule has 0 saturated carbocycles. The van der Waals surface area contributed by atoms with Crippen LogP contribution in [0, 0.1) is 0 Å². The SMILES string of the molecule is O=C1C=CO[C@H](C(=O)OCc2ccccc2)C1. The number of allylic oxidation sites excluding steroid dienone is 1. The minimum atomic E-state index is -0.809. The second kappa shape index (κ2) is 5.30. The van der Waals surface area contributed by atoms with Gasteiger partial charge in [-0.15, -0.1) is 0 Å². The summed E-state index contributed by atoms with van der Waals surface area (Å²) in [4.78, 5) is 22.7. The van der Waals surface area contributed by atoms with Crippen LogP contribution in [0.2, 0.25) is 0 Å². The quantitative estimate of drug-likeness (QED) is 0.743. The maximum Gasteiger partial charge on any atom is 0.348 e. The molecule has 4 nitrogen and oxygen atoms in total. The lowest BCUT2D eigenvalue weighted by atomic mass is 10.1. The Kier molecular flexibility index (Phi) is 3.55. The number of ether oxygens (including phenoxy) is 2. The van der Waals surface area contributed by atoms with Crippen molar-refractivity contribution in [3.63, 3.8) is 0 Å². The van der Waals surface area contributed by atoms with Crippen LogP contribution >= 0.6 is 0 Å². The number of rotatable bonds is 3. The number of ketones is 1. The van der Waals surface area contributed by atoms with Crippen LogP contribution in [-0.2, 0) is 25.7 Å². The van der Waals surface area contributed by atoms with Gasteiger partial charge in [-0.05, 0) is 5.56 Å². The first-order valence-electron chi connectivity index (χ1n) is 5.31. The van der Waals surface area contributed by atoms with Gasteiger partial charge in [0.25, 0.3) is 0 Å². The Bertz CT molecular complexity index is 436. The molecule has 0 bridgehead atoms. The number of hydrogen-bond donors (Lipinski definition) is 0. The van der Waals surface area contributed by atoms with Gasteiger partial charge in [0.1, 0.15) is 6.61 Å². The molecule has 1 aromatic rings.